The highest BCUT2D eigenvalue weighted by molar-refractivity contribution is 5.02. The molecule has 39 heavy (non-hydrogen) atoms. The smallest absolute Gasteiger partial charge is 0.111 e. The summed E-state index contributed by atoms with van der Waals surface area (Å²) in [5.41, 5.74) is 0. The molecule has 0 saturated heterocycles. The number of unbranched alkanes of at least 4 members (excludes halogenated alkanes) is 22. The molecule has 0 bridgehead atoms. The lowest BCUT2D eigenvalue weighted by Crippen LogP contribution is -2.13. The van der Waals surface area contributed by atoms with Gasteiger partial charge in [-0.25, -0.2) is 4.98 Å². The third-order valence-corrected chi connectivity index (χ3v) is 9.08. The van der Waals surface area contributed by atoms with E-state index in [0.29, 0.717) is 12.0 Å². The molecular weight excluding hydrogens is 472 g/mol. The first-order valence-corrected chi connectivity index (χ1v) is 18.3. The molecule has 2 heteroatoms. The van der Waals surface area contributed by atoms with Crippen molar-refractivity contribution < 1.29 is 0 Å². The Labute approximate surface area is 246 Å². The highest BCUT2D eigenvalue weighted by Gasteiger charge is 2.19. The molecule has 0 aliphatic rings. The van der Waals surface area contributed by atoms with Crippen molar-refractivity contribution in [2.24, 2.45) is 0 Å². The Hall–Kier alpha value is -0.790. The monoisotopic (exact) mass is 545 g/mol. The molecule has 1 heterocycles. The average molecular weight is 545 g/mol. The maximum Gasteiger partial charge on any atom is 0.111 e. The summed E-state index contributed by atoms with van der Waals surface area (Å²) in [7, 11) is 0. The number of imidazole rings is 1. The number of hydrogen-bond acceptors (Lipinski definition) is 1. The zero-order valence-corrected chi connectivity index (χ0v) is 27.5. The highest BCUT2D eigenvalue weighted by Crippen LogP contribution is 2.30. The fourth-order valence-corrected chi connectivity index (χ4v) is 6.34. The molecule has 2 atom stereocenters. The topological polar surface area (TPSA) is 17.8 Å². The van der Waals surface area contributed by atoms with Crippen molar-refractivity contribution in [3.05, 3.63) is 18.2 Å². The van der Waals surface area contributed by atoms with E-state index >= 15 is 0 Å². The zero-order chi connectivity index (χ0) is 28.2. The van der Waals surface area contributed by atoms with Gasteiger partial charge in [-0.05, 0) is 26.2 Å². The molecule has 1 aromatic rings. The molecule has 0 saturated carbocycles. The first-order valence-electron chi connectivity index (χ1n) is 18.3. The third kappa shape index (κ3) is 19.8. The molecule has 230 valence electrons. The van der Waals surface area contributed by atoms with Gasteiger partial charge in [0, 0.05) is 24.4 Å². The van der Waals surface area contributed by atoms with Gasteiger partial charge in [-0.3, -0.25) is 0 Å². The van der Waals surface area contributed by atoms with E-state index in [-0.39, 0.29) is 0 Å². The lowest BCUT2D eigenvalue weighted by atomic mass is 9.92. The van der Waals surface area contributed by atoms with E-state index < -0.39 is 0 Å². The van der Waals surface area contributed by atoms with Crippen molar-refractivity contribution in [3.63, 3.8) is 0 Å². The molecule has 0 amide bonds. The SMILES string of the molecule is CCCCCCCCCCCCCCC(CCCCCCCCCCCCC)c1nccn1C(C)CCCC. The van der Waals surface area contributed by atoms with Gasteiger partial charge in [-0.1, -0.05) is 181 Å². The fourth-order valence-electron chi connectivity index (χ4n) is 6.34. The van der Waals surface area contributed by atoms with E-state index in [4.69, 9.17) is 4.98 Å². The van der Waals surface area contributed by atoms with Gasteiger partial charge in [0.15, 0.2) is 0 Å². The van der Waals surface area contributed by atoms with Crippen LogP contribution in [0.1, 0.15) is 225 Å². The number of nitrogens with zero attached hydrogens (tertiary/aromatic N) is 2. The minimum atomic E-state index is 0.587. The zero-order valence-electron chi connectivity index (χ0n) is 27.5. The maximum atomic E-state index is 4.95. The molecule has 0 aromatic carbocycles. The molecule has 0 aliphatic heterocycles. The Balaban J connectivity index is 2.33. The number of hydrogen-bond donors (Lipinski definition) is 0. The van der Waals surface area contributed by atoms with Crippen LogP contribution in [0.5, 0.6) is 0 Å². The van der Waals surface area contributed by atoms with Gasteiger partial charge in [0.2, 0.25) is 0 Å². The maximum absolute atomic E-state index is 4.95. The summed E-state index contributed by atoms with van der Waals surface area (Å²) >= 11 is 0. The Morgan fingerprint density at radius 1 is 0.487 bits per heavy atom. The van der Waals surface area contributed by atoms with Crippen LogP contribution in [0.3, 0.4) is 0 Å². The summed E-state index contributed by atoms with van der Waals surface area (Å²) in [6.07, 6.45) is 43.9. The van der Waals surface area contributed by atoms with Gasteiger partial charge in [-0.15, -0.1) is 0 Å². The van der Waals surface area contributed by atoms with E-state index in [1.54, 1.807) is 0 Å². The van der Waals surface area contributed by atoms with Gasteiger partial charge in [0.05, 0.1) is 0 Å². The van der Waals surface area contributed by atoms with Crippen LogP contribution in [0.2, 0.25) is 0 Å². The molecule has 1 aromatic heterocycles. The molecule has 0 N–H and O–H groups in total. The molecule has 2 nitrogen and oxygen atoms in total. The Kier molecular flexibility index (Phi) is 25.4. The van der Waals surface area contributed by atoms with Crippen LogP contribution in [-0.2, 0) is 0 Å². The van der Waals surface area contributed by atoms with Crippen LogP contribution in [0.4, 0.5) is 0 Å². The molecular formula is C37H72N2. The average Bonchev–Trinajstić information content (AvgIpc) is 3.44. The van der Waals surface area contributed by atoms with Crippen LogP contribution < -0.4 is 0 Å². The molecule has 1 rings (SSSR count). The van der Waals surface area contributed by atoms with Crippen LogP contribution in [-0.4, -0.2) is 9.55 Å². The van der Waals surface area contributed by atoms with Crippen molar-refractivity contribution >= 4 is 0 Å². The predicted molar refractivity (Wildman–Crippen MR) is 176 cm³/mol. The second-order valence-electron chi connectivity index (χ2n) is 12.9. The first kappa shape index (κ1) is 36.2. The highest BCUT2D eigenvalue weighted by atomic mass is 15.1. The molecule has 2 unspecified atom stereocenters. The fraction of sp³-hybridized carbons (Fsp3) is 0.919. The molecule has 0 spiro atoms. The van der Waals surface area contributed by atoms with E-state index in [0.717, 1.165) is 0 Å². The second-order valence-corrected chi connectivity index (χ2v) is 12.9. The van der Waals surface area contributed by atoms with Crippen molar-refractivity contribution in [3.8, 4) is 0 Å². The predicted octanol–water partition coefficient (Wildman–Crippen LogP) is 13.5. The van der Waals surface area contributed by atoms with Crippen molar-refractivity contribution in [1.29, 1.82) is 0 Å². The van der Waals surface area contributed by atoms with Crippen LogP contribution in [0, 0.1) is 0 Å². The summed E-state index contributed by atoms with van der Waals surface area (Å²) in [6, 6.07) is 0.587. The van der Waals surface area contributed by atoms with E-state index in [2.05, 4.69) is 44.7 Å². The Bertz CT molecular complexity index is 606. The van der Waals surface area contributed by atoms with Gasteiger partial charge >= 0.3 is 0 Å². The van der Waals surface area contributed by atoms with Gasteiger partial charge in [0.25, 0.3) is 0 Å². The summed E-state index contributed by atoms with van der Waals surface area (Å²) in [5, 5.41) is 0. The lowest BCUT2D eigenvalue weighted by Gasteiger charge is -2.22. The molecule has 0 radical (unpaired) electrons. The Morgan fingerprint density at radius 3 is 1.23 bits per heavy atom. The first-order chi connectivity index (χ1) is 19.2. The summed E-state index contributed by atoms with van der Waals surface area (Å²) in [4.78, 5) is 4.95. The summed E-state index contributed by atoms with van der Waals surface area (Å²) < 4.78 is 2.54. The minimum Gasteiger partial charge on any atom is -0.332 e. The van der Waals surface area contributed by atoms with Crippen molar-refractivity contribution in [2.45, 2.75) is 219 Å². The third-order valence-electron chi connectivity index (χ3n) is 9.08. The number of rotatable bonds is 30. The van der Waals surface area contributed by atoms with Gasteiger partial charge < -0.3 is 4.57 Å². The second kappa shape index (κ2) is 27.4. The van der Waals surface area contributed by atoms with Crippen LogP contribution >= 0.6 is 0 Å². The van der Waals surface area contributed by atoms with E-state index in [1.165, 1.54) is 186 Å². The molecule has 0 aliphatic carbocycles. The minimum absolute atomic E-state index is 0.587. The van der Waals surface area contributed by atoms with Gasteiger partial charge in [0.1, 0.15) is 5.82 Å². The summed E-state index contributed by atoms with van der Waals surface area (Å²) in [6.45, 7) is 9.33. The summed E-state index contributed by atoms with van der Waals surface area (Å²) in [5.74, 6) is 2.06. The molecule has 0 fully saturated rings. The normalized spacial score (nSPS) is 13.2. The Morgan fingerprint density at radius 2 is 0.846 bits per heavy atom. The number of aromatic nitrogens is 2. The van der Waals surface area contributed by atoms with Gasteiger partial charge in [-0.2, -0.15) is 0 Å². The van der Waals surface area contributed by atoms with Crippen LogP contribution in [0.15, 0.2) is 12.4 Å². The lowest BCUT2D eigenvalue weighted by molar-refractivity contribution is 0.416. The quantitative estimate of drug-likeness (QED) is 0.0880. The largest absolute Gasteiger partial charge is 0.332 e. The van der Waals surface area contributed by atoms with Crippen molar-refractivity contribution in [2.75, 3.05) is 0 Å². The van der Waals surface area contributed by atoms with Crippen LogP contribution in [0.25, 0.3) is 0 Å². The van der Waals surface area contributed by atoms with Crippen molar-refractivity contribution in [1.82, 2.24) is 9.55 Å². The van der Waals surface area contributed by atoms with E-state index in [9.17, 15) is 0 Å². The van der Waals surface area contributed by atoms with E-state index in [1.807, 2.05) is 0 Å². The standard InChI is InChI=1S/C37H72N2/c1-5-8-11-13-15-17-19-21-23-25-27-29-32-36(37-38-33-34-39(37)35(4)30-10-7-3)31-28-26-24-22-20-18-16-14-12-9-6-2/h33-36H,5-32H2,1-4H3.